The van der Waals surface area contributed by atoms with Crippen LogP contribution in [-0.2, 0) is 0 Å². The summed E-state index contributed by atoms with van der Waals surface area (Å²) in [5.74, 6) is 0.721. The average Bonchev–Trinajstić information content (AvgIpc) is 2.80. The van der Waals surface area contributed by atoms with Gasteiger partial charge in [0, 0.05) is 17.4 Å². The zero-order valence-corrected chi connectivity index (χ0v) is 12.7. The second kappa shape index (κ2) is 5.63. The Hall–Kier alpha value is -1.88. The Morgan fingerprint density at radius 2 is 1.80 bits per heavy atom. The fourth-order valence-electron chi connectivity index (χ4n) is 2.42. The number of hydrogen-bond acceptors (Lipinski definition) is 4. The van der Waals surface area contributed by atoms with Crippen molar-refractivity contribution in [1.82, 2.24) is 14.8 Å². The van der Waals surface area contributed by atoms with E-state index in [9.17, 15) is 0 Å². The van der Waals surface area contributed by atoms with E-state index in [-0.39, 0.29) is 12.1 Å². The molecular weight excluding hydrogens is 252 g/mol. The highest BCUT2D eigenvalue weighted by molar-refractivity contribution is 5.37. The van der Waals surface area contributed by atoms with Crippen molar-refractivity contribution in [2.45, 2.75) is 39.8 Å². The number of aryl methyl sites for hydroxylation is 2. The van der Waals surface area contributed by atoms with Gasteiger partial charge in [0.25, 0.3) is 0 Å². The summed E-state index contributed by atoms with van der Waals surface area (Å²) in [6.07, 6.45) is 1.72. The van der Waals surface area contributed by atoms with Crippen LogP contribution in [-0.4, -0.2) is 21.9 Å². The number of rotatable bonds is 4. The van der Waals surface area contributed by atoms with Gasteiger partial charge in [0.05, 0.1) is 19.3 Å². The maximum absolute atomic E-state index is 6.44. The van der Waals surface area contributed by atoms with Crippen molar-refractivity contribution < 1.29 is 4.74 Å². The largest absolute Gasteiger partial charge is 0.493 e. The molecule has 2 aromatic rings. The van der Waals surface area contributed by atoms with Gasteiger partial charge < -0.3 is 10.5 Å². The Labute approximate surface area is 119 Å². The average molecular weight is 274 g/mol. The van der Waals surface area contributed by atoms with Crippen molar-refractivity contribution >= 4 is 0 Å². The topological polar surface area (TPSA) is 66.0 Å². The quantitative estimate of drug-likeness (QED) is 0.930. The number of ether oxygens (including phenoxy) is 1. The van der Waals surface area contributed by atoms with Crippen LogP contribution in [0.25, 0.3) is 0 Å². The lowest BCUT2D eigenvalue weighted by molar-refractivity contribution is 0.401. The van der Waals surface area contributed by atoms with Gasteiger partial charge in [-0.15, -0.1) is 0 Å². The Kier molecular flexibility index (Phi) is 4.09. The molecule has 20 heavy (non-hydrogen) atoms. The van der Waals surface area contributed by atoms with E-state index in [1.165, 1.54) is 0 Å². The normalized spacial score (nSPS) is 12.8. The molecule has 1 unspecified atom stereocenters. The molecule has 2 N–H and O–H groups in total. The Morgan fingerprint density at radius 1 is 1.20 bits per heavy atom. The lowest BCUT2D eigenvalue weighted by atomic mass is 10.0. The van der Waals surface area contributed by atoms with Crippen molar-refractivity contribution in [3.05, 3.63) is 41.0 Å². The second-order valence-electron chi connectivity index (χ2n) is 5.30. The third-order valence-electron chi connectivity index (χ3n) is 3.27. The monoisotopic (exact) mass is 274 g/mol. The third kappa shape index (κ3) is 2.67. The van der Waals surface area contributed by atoms with Crippen LogP contribution < -0.4 is 10.5 Å². The van der Waals surface area contributed by atoms with Crippen LogP contribution in [0.5, 0.6) is 5.75 Å². The molecule has 0 aliphatic carbocycles. The number of methoxy groups -OCH3 is 1. The van der Waals surface area contributed by atoms with Crippen molar-refractivity contribution in [3.63, 3.8) is 0 Å². The molecule has 0 radical (unpaired) electrons. The molecule has 108 valence electrons. The number of nitrogens with two attached hydrogens (primary N) is 1. The molecule has 0 bridgehead atoms. The van der Waals surface area contributed by atoms with Crippen molar-refractivity contribution in [2.24, 2.45) is 5.73 Å². The molecular formula is C15H22N4O. The standard InChI is InChI=1S/C15H22N4O/c1-9(2)19-15(13(20-5)8-17-19)14(16)12-6-10(3)18-11(4)7-12/h6-9,14H,16H2,1-5H3. The summed E-state index contributed by atoms with van der Waals surface area (Å²) in [7, 11) is 1.64. The van der Waals surface area contributed by atoms with Crippen LogP contribution in [0.2, 0.25) is 0 Å². The first-order valence-electron chi connectivity index (χ1n) is 6.76. The lowest BCUT2D eigenvalue weighted by Gasteiger charge is -2.19. The van der Waals surface area contributed by atoms with E-state index >= 15 is 0 Å². The maximum atomic E-state index is 6.44. The highest BCUT2D eigenvalue weighted by Gasteiger charge is 2.22. The summed E-state index contributed by atoms with van der Waals surface area (Å²) in [5, 5.41) is 4.37. The molecule has 2 rings (SSSR count). The van der Waals surface area contributed by atoms with Gasteiger partial charge in [0.1, 0.15) is 5.69 Å². The molecule has 2 heterocycles. The first-order valence-corrected chi connectivity index (χ1v) is 6.76. The predicted molar refractivity (Wildman–Crippen MR) is 78.9 cm³/mol. The summed E-state index contributed by atoms with van der Waals surface area (Å²) >= 11 is 0. The SMILES string of the molecule is COc1cnn(C(C)C)c1C(N)c1cc(C)nc(C)c1. The highest BCUT2D eigenvalue weighted by atomic mass is 16.5. The summed E-state index contributed by atoms with van der Waals surface area (Å²) in [6, 6.07) is 3.96. The zero-order valence-electron chi connectivity index (χ0n) is 12.7. The Bertz CT molecular complexity index is 584. The van der Waals surface area contributed by atoms with Gasteiger partial charge in [0.15, 0.2) is 5.75 Å². The van der Waals surface area contributed by atoms with E-state index in [0.29, 0.717) is 0 Å². The fourth-order valence-corrected chi connectivity index (χ4v) is 2.42. The molecule has 0 aliphatic heterocycles. The minimum Gasteiger partial charge on any atom is -0.493 e. The number of aromatic nitrogens is 3. The van der Waals surface area contributed by atoms with Gasteiger partial charge in [-0.05, 0) is 45.4 Å². The van der Waals surface area contributed by atoms with Crippen molar-refractivity contribution in [2.75, 3.05) is 7.11 Å². The summed E-state index contributed by atoms with van der Waals surface area (Å²) < 4.78 is 7.31. The highest BCUT2D eigenvalue weighted by Crippen LogP contribution is 2.30. The van der Waals surface area contributed by atoms with Gasteiger partial charge in [-0.25, -0.2) is 0 Å². The Balaban J connectivity index is 2.51. The van der Waals surface area contributed by atoms with Crippen LogP contribution in [0.1, 0.15) is 48.6 Å². The number of hydrogen-bond donors (Lipinski definition) is 1. The minimum atomic E-state index is -0.282. The third-order valence-corrected chi connectivity index (χ3v) is 3.27. The molecule has 5 nitrogen and oxygen atoms in total. The van der Waals surface area contributed by atoms with Crippen LogP contribution in [0.3, 0.4) is 0 Å². The number of pyridine rings is 1. The summed E-state index contributed by atoms with van der Waals surface area (Å²) in [6.45, 7) is 8.10. The van der Waals surface area contributed by atoms with E-state index in [4.69, 9.17) is 10.5 Å². The molecule has 0 spiro atoms. The molecule has 1 atom stereocenters. The van der Waals surface area contributed by atoms with Crippen LogP contribution >= 0.6 is 0 Å². The predicted octanol–water partition coefficient (Wildman–Crippen LogP) is 2.53. The smallest absolute Gasteiger partial charge is 0.161 e. The van der Waals surface area contributed by atoms with E-state index in [1.807, 2.05) is 30.7 Å². The second-order valence-corrected chi connectivity index (χ2v) is 5.30. The van der Waals surface area contributed by atoms with Gasteiger partial charge in [-0.3, -0.25) is 9.67 Å². The van der Waals surface area contributed by atoms with Crippen molar-refractivity contribution in [3.8, 4) is 5.75 Å². The lowest BCUT2D eigenvalue weighted by Crippen LogP contribution is -2.20. The van der Waals surface area contributed by atoms with E-state index in [1.54, 1.807) is 13.3 Å². The molecule has 0 saturated carbocycles. The van der Waals surface area contributed by atoms with Crippen molar-refractivity contribution in [1.29, 1.82) is 0 Å². The molecule has 0 aromatic carbocycles. The molecule has 0 saturated heterocycles. The van der Waals surface area contributed by atoms with Gasteiger partial charge in [-0.1, -0.05) is 0 Å². The summed E-state index contributed by atoms with van der Waals surface area (Å²) in [5.41, 5.74) is 10.3. The molecule has 5 heteroatoms. The fraction of sp³-hybridized carbons (Fsp3) is 0.467. The van der Waals surface area contributed by atoms with Crippen LogP contribution in [0.15, 0.2) is 18.3 Å². The van der Waals surface area contributed by atoms with E-state index < -0.39 is 0 Å². The van der Waals surface area contributed by atoms with Gasteiger partial charge in [-0.2, -0.15) is 5.10 Å². The minimum absolute atomic E-state index is 0.226. The molecule has 0 fully saturated rings. The molecule has 2 aromatic heterocycles. The van der Waals surface area contributed by atoms with E-state index in [0.717, 1.165) is 28.4 Å². The summed E-state index contributed by atoms with van der Waals surface area (Å²) in [4.78, 5) is 4.39. The van der Waals surface area contributed by atoms with E-state index in [2.05, 4.69) is 23.9 Å². The van der Waals surface area contributed by atoms with Gasteiger partial charge in [0.2, 0.25) is 0 Å². The Morgan fingerprint density at radius 3 is 2.30 bits per heavy atom. The molecule has 0 aliphatic rings. The van der Waals surface area contributed by atoms with Crippen LogP contribution in [0, 0.1) is 13.8 Å². The maximum Gasteiger partial charge on any atom is 0.161 e. The van der Waals surface area contributed by atoms with Crippen LogP contribution in [0.4, 0.5) is 0 Å². The molecule has 0 amide bonds. The van der Waals surface area contributed by atoms with Gasteiger partial charge >= 0.3 is 0 Å². The number of nitrogens with zero attached hydrogens (tertiary/aromatic N) is 3. The first-order chi connectivity index (χ1) is 9.43. The first kappa shape index (κ1) is 14.5. The zero-order chi connectivity index (χ0) is 14.9.